The van der Waals surface area contributed by atoms with Crippen molar-refractivity contribution in [2.45, 2.75) is 134 Å². The zero-order chi connectivity index (χ0) is 25.2. The molecule has 1 aromatic heterocycles. The van der Waals surface area contributed by atoms with E-state index in [1.807, 2.05) is 11.8 Å². The molecule has 198 valence electrons. The summed E-state index contributed by atoms with van der Waals surface area (Å²) in [6.45, 7) is 9.83. The Labute approximate surface area is 221 Å². The van der Waals surface area contributed by atoms with Crippen molar-refractivity contribution in [3.63, 3.8) is 0 Å². The van der Waals surface area contributed by atoms with E-state index in [2.05, 4.69) is 53.4 Å². The van der Waals surface area contributed by atoms with Crippen molar-refractivity contribution in [1.82, 2.24) is 19.7 Å². The first-order chi connectivity index (χ1) is 17.4. The van der Waals surface area contributed by atoms with Crippen molar-refractivity contribution in [2.75, 3.05) is 6.54 Å². The molecule has 1 saturated carbocycles. The minimum absolute atomic E-state index is 0.150. The van der Waals surface area contributed by atoms with E-state index in [4.69, 9.17) is 4.99 Å². The maximum atomic E-state index is 13.1. The van der Waals surface area contributed by atoms with Gasteiger partial charge < -0.3 is 4.57 Å². The number of fused-ring (bicyclic) bond motifs is 2. The van der Waals surface area contributed by atoms with Crippen LogP contribution >= 0.6 is 11.8 Å². The SMILES string of the molecule is CCC1CC=C(C(CCN2C3CC[C@@H]2CC(n2c(C)nnc2C(C)C)C3)=NC(=O)C2CCCCC2)S1. The van der Waals surface area contributed by atoms with Gasteiger partial charge in [-0.2, -0.15) is 0 Å². The third kappa shape index (κ3) is 5.52. The molecular formula is C29H45N5OS. The Kier molecular flexibility index (Phi) is 8.36. The van der Waals surface area contributed by atoms with Crippen molar-refractivity contribution >= 4 is 23.4 Å². The third-order valence-corrected chi connectivity index (χ3v) is 10.6. The van der Waals surface area contributed by atoms with Gasteiger partial charge in [-0.3, -0.25) is 9.69 Å². The van der Waals surface area contributed by atoms with Gasteiger partial charge in [-0.05, 0) is 58.3 Å². The highest BCUT2D eigenvalue weighted by atomic mass is 32.2. The predicted molar refractivity (Wildman–Crippen MR) is 149 cm³/mol. The standard InChI is InChI=1S/C29H45N5OS/c1-5-25-13-14-27(36-25)26(30-29(35)21-9-7-6-8-10-21)15-16-33-22-11-12-23(33)18-24(17-22)34-20(4)31-32-28(34)19(2)3/h14,19,21-25H,5-13,15-18H2,1-4H3/t22-,23?,24?,25?/m1/s1. The number of amides is 1. The zero-order valence-corrected chi connectivity index (χ0v) is 23.6. The minimum atomic E-state index is 0.150. The first kappa shape index (κ1) is 26.1. The van der Waals surface area contributed by atoms with Crippen molar-refractivity contribution < 1.29 is 4.79 Å². The molecule has 4 aliphatic rings. The molecule has 3 aliphatic heterocycles. The average molecular weight is 512 g/mol. The number of aryl methyl sites for hydroxylation is 1. The lowest BCUT2D eigenvalue weighted by Gasteiger charge is -2.40. The second-order valence-corrected chi connectivity index (χ2v) is 13.2. The highest BCUT2D eigenvalue weighted by Gasteiger charge is 2.42. The van der Waals surface area contributed by atoms with E-state index in [0.717, 1.165) is 49.6 Å². The molecule has 5 rings (SSSR count). The fourth-order valence-electron chi connectivity index (χ4n) is 7.05. The van der Waals surface area contributed by atoms with Crippen molar-refractivity contribution in [2.24, 2.45) is 10.9 Å². The molecule has 0 radical (unpaired) electrons. The molecule has 2 bridgehead atoms. The van der Waals surface area contributed by atoms with Gasteiger partial charge in [-0.1, -0.05) is 46.1 Å². The van der Waals surface area contributed by atoms with Crippen LogP contribution in [0.5, 0.6) is 0 Å². The van der Waals surface area contributed by atoms with Crippen LogP contribution in [-0.4, -0.2) is 55.2 Å². The van der Waals surface area contributed by atoms with Crippen LogP contribution in [0.2, 0.25) is 0 Å². The molecule has 4 atom stereocenters. The summed E-state index contributed by atoms with van der Waals surface area (Å²) in [5.41, 5.74) is 1.07. The molecule has 3 unspecified atom stereocenters. The van der Waals surface area contributed by atoms with Crippen molar-refractivity contribution in [1.29, 1.82) is 0 Å². The Balaban J connectivity index is 1.28. The molecule has 0 aromatic carbocycles. The number of hydrogen-bond donors (Lipinski definition) is 0. The summed E-state index contributed by atoms with van der Waals surface area (Å²) in [5.74, 6) is 2.89. The van der Waals surface area contributed by atoms with Crippen LogP contribution in [0, 0.1) is 12.8 Å². The predicted octanol–water partition coefficient (Wildman–Crippen LogP) is 6.62. The number of thioether (sulfide) groups is 1. The quantitative estimate of drug-likeness (QED) is 0.367. The van der Waals surface area contributed by atoms with Gasteiger partial charge >= 0.3 is 0 Å². The van der Waals surface area contributed by atoms with E-state index in [1.54, 1.807) is 0 Å². The lowest BCUT2D eigenvalue weighted by molar-refractivity contribution is -0.122. The van der Waals surface area contributed by atoms with Gasteiger partial charge in [0.1, 0.15) is 11.6 Å². The van der Waals surface area contributed by atoms with Gasteiger partial charge in [0.2, 0.25) is 5.91 Å². The summed E-state index contributed by atoms with van der Waals surface area (Å²) < 4.78 is 2.44. The topological polar surface area (TPSA) is 63.4 Å². The number of piperidine rings is 1. The molecule has 2 saturated heterocycles. The fraction of sp³-hybridized carbons (Fsp3) is 0.793. The van der Waals surface area contributed by atoms with Gasteiger partial charge in [0.25, 0.3) is 0 Å². The molecule has 1 amide bonds. The summed E-state index contributed by atoms with van der Waals surface area (Å²) in [7, 11) is 0. The smallest absolute Gasteiger partial charge is 0.249 e. The maximum Gasteiger partial charge on any atom is 0.249 e. The minimum Gasteiger partial charge on any atom is -0.312 e. The average Bonchev–Trinajstić information content (AvgIpc) is 3.58. The van der Waals surface area contributed by atoms with E-state index in [0.29, 0.717) is 29.3 Å². The second kappa shape index (κ2) is 11.5. The number of carbonyl (C=O) groups is 1. The molecule has 36 heavy (non-hydrogen) atoms. The number of allylic oxidation sites excluding steroid dienone is 2. The number of aromatic nitrogens is 3. The number of rotatable bonds is 8. The summed E-state index contributed by atoms with van der Waals surface area (Å²) in [5, 5.41) is 9.58. The van der Waals surface area contributed by atoms with Crippen LogP contribution in [0.4, 0.5) is 0 Å². The van der Waals surface area contributed by atoms with E-state index < -0.39 is 0 Å². The number of hydrogen-bond acceptors (Lipinski definition) is 5. The lowest BCUT2D eigenvalue weighted by Crippen LogP contribution is -2.44. The number of aliphatic imine (C=N–C) groups is 1. The lowest BCUT2D eigenvalue weighted by atomic mass is 9.89. The Morgan fingerprint density at radius 1 is 1.08 bits per heavy atom. The fourth-order valence-corrected chi connectivity index (χ4v) is 8.24. The van der Waals surface area contributed by atoms with Gasteiger partial charge in [0.15, 0.2) is 0 Å². The van der Waals surface area contributed by atoms with Gasteiger partial charge in [0.05, 0.1) is 5.71 Å². The molecule has 0 spiro atoms. The molecule has 6 nitrogen and oxygen atoms in total. The van der Waals surface area contributed by atoms with Crippen LogP contribution in [0.15, 0.2) is 16.0 Å². The molecule has 4 heterocycles. The molecule has 7 heteroatoms. The third-order valence-electron chi connectivity index (χ3n) is 9.04. The zero-order valence-electron chi connectivity index (χ0n) is 22.8. The Bertz CT molecular complexity index is 978. The van der Waals surface area contributed by atoms with Gasteiger partial charge in [-0.15, -0.1) is 22.0 Å². The van der Waals surface area contributed by atoms with Crippen LogP contribution < -0.4 is 0 Å². The van der Waals surface area contributed by atoms with E-state index >= 15 is 0 Å². The Morgan fingerprint density at radius 3 is 2.44 bits per heavy atom. The van der Waals surface area contributed by atoms with Crippen LogP contribution in [0.1, 0.15) is 121 Å². The summed E-state index contributed by atoms with van der Waals surface area (Å²) in [6.07, 6.45) is 16.1. The first-order valence-corrected chi connectivity index (χ1v) is 15.5. The molecule has 1 aliphatic carbocycles. The van der Waals surface area contributed by atoms with Crippen LogP contribution in [0.25, 0.3) is 0 Å². The number of carbonyl (C=O) groups excluding carboxylic acids is 1. The molecule has 3 fully saturated rings. The van der Waals surface area contributed by atoms with Crippen LogP contribution in [-0.2, 0) is 4.79 Å². The van der Waals surface area contributed by atoms with E-state index in [-0.39, 0.29) is 11.8 Å². The summed E-state index contributed by atoms with van der Waals surface area (Å²) in [6, 6.07) is 1.73. The largest absolute Gasteiger partial charge is 0.312 e. The monoisotopic (exact) mass is 511 g/mol. The van der Waals surface area contributed by atoms with E-state index in [9.17, 15) is 4.79 Å². The van der Waals surface area contributed by atoms with Gasteiger partial charge in [0, 0.05) is 53.1 Å². The molecular weight excluding hydrogens is 466 g/mol. The molecule has 1 aromatic rings. The van der Waals surface area contributed by atoms with Crippen molar-refractivity contribution in [3.05, 3.63) is 22.6 Å². The number of nitrogens with zero attached hydrogens (tertiary/aromatic N) is 5. The summed E-state index contributed by atoms with van der Waals surface area (Å²) in [4.78, 5) is 22.0. The first-order valence-electron chi connectivity index (χ1n) is 14.6. The van der Waals surface area contributed by atoms with E-state index in [1.165, 1.54) is 56.3 Å². The second-order valence-electron chi connectivity index (χ2n) is 11.8. The maximum absolute atomic E-state index is 13.1. The van der Waals surface area contributed by atoms with Crippen LogP contribution in [0.3, 0.4) is 0 Å². The molecule has 0 N–H and O–H groups in total. The highest BCUT2D eigenvalue weighted by molar-refractivity contribution is 8.04. The summed E-state index contributed by atoms with van der Waals surface area (Å²) >= 11 is 1.96. The van der Waals surface area contributed by atoms with Crippen molar-refractivity contribution in [3.8, 4) is 0 Å². The highest BCUT2D eigenvalue weighted by Crippen LogP contribution is 2.43. The normalized spacial score (nSPS) is 29.8. The Hall–Kier alpha value is -1.47. The Morgan fingerprint density at radius 2 is 1.81 bits per heavy atom. The van der Waals surface area contributed by atoms with Gasteiger partial charge in [-0.25, -0.2) is 4.99 Å².